The topological polar surface area (TPSA) is 23.6 Å². The maximum absolute atomic E-state index is 12.1. The van der Waals surface area contributed by atoms with Crippen molar-refractivity contribution in [3.8, 4) is 12.3 Å². The lowest BCUT2D eigenvalue weighted by molar-refractivity contribution is 0.471. The smallest absolute Gasteiger partial charge is 0.243 e. The molecule has 1 aliphatic rings. The van der Waals surface area contributed by atoms with Crippen molar-refractivity contribution in [2.75, 3.05) is 27.3 Å². The monoisotopic (exact) mass is 184 g/mol. The fourth-order valence-electron chi connectivity index (χ4n) is 1.20. The fraction of sp³-hybridized carbons (Fsp3) is 0.500. The van der Waals surface area contributed by atoms with Gasteiger partial charge in [0, 0.05) is 18.8 Å². The Labute approximate surface area is 73.5 Å². The van der Waals surface area contributed by atoms with Crippen molar-refractivity contribution in [2.45, 2.75) is 0 Å². The van der Waals surface area contributed by atoms with Crippen LogP contribution in [0.25, 0.3) is 0 Å². The number of hydrogen-bond donors (Lipinski definition) is 0. The van der Waals surface area contributed by atoms with E-state index < -0.39 is 7.44 Å². The van der Waals surface area contributed by atoms with Crippen LogP contribution in [0, 0.1) is 12.3 Å². The van der Waals surface area contributed by atoms with Gasteiger partial charge in [0.05, 0.1) is 6.16 Å². The minimum atomic E-state index is -2.37. The number of hydrogen-bond acceptors (Lipinski definition) is 1. The van der Waals surface area contributed by atoms with Crippen LogP contribution in [0.4, 0.5) is 0 Å². The van der Waals surface area contributed by atoms with E-state index >= 15 is 0 Å². The maximum Gasteiger partial charge on any atom is 0.243 e. The first-order valence-corrected chi connectivity index (χ1v) is 5.48. The highest BCUT2D eigenvalue weighted by molar-refractivity contribution is 7.59. The molecule has 0 aromatic heterocycles. The summed E-state index contributed by atoms with van der Waals surface area (Å²) in [6.45, 7) is 0. The summed E-state index contributed by atoms with van der Waals surface area (Å²) in [6, 6.07) is 0. The summed E-state index contributed by atoms with van der Waals surface area (Å²) in [4.78, 5) is 0. The third kappa shape index (κ3) is 1.29. The lowest BCUT2D eigenvalue weighted by Crippen LogP contribution is -2.18. The van der Waals surface area contributed by atoms with Gasteiger partial charge in [0.2, 0.25) is 7.44 Å². The van der Waals surface area contributed by atoms with E-state index in [4.69, 9.17) is 6.42 Å². The van der Waals surface area contributed by atoms with Gasteiger partial charge < -0.3 is 4.67 Å². The van der Waals surface area contributed by atoms with Crippen LogP contribution in [0.15, 0.2) is 11.8 Å². The second kappa shape index (κ2) is 2.97. The van der Waals surface area contributed by atoms with Gasteiger partial charge in [-0.2, -0.15) is 0 Å². The molecule has 1 aliphatic heterocycles. The first-order valence-electron chi connectivity index (χ1n) is 3.68. The van der Waals surface area contributed by atoms with Crippen molar-refractivity contribution >= 4 is 7.44 Å². The highest BCUT2D eigenvalue weighted by Crippen LogP contribution is 2.55. The number of terminal acetylenes is 1. The molecule has 0 saturated heterocycles. The molecule has 0 aliphatic carbocycles. The Kier molecular flexibility index (Phi) is 2.32. The van der Waals surface area contributed by atoms with Crippen LogP contribution in [-0.4, -0.2) is 36.6 Å². The predicted octanol–water partition coefficient (Wildman–Crippen LogP) is 1.20. The minimum absolute atomic E-state index is 0.493. The van der Waals surface area contributed by atoms with Gasteiger partial charge in [-0.1, -0.05) is 5.92 Å². The van der Waals surface area contributed by atoms with Crippen molar-refractivity contribution in [3.05, 3.63) is 11.8 Å². The van der Waals surface area contributed by atoms with Crippen LogP contribution in [0.2, 0.25) is 0 Å². The van der Waals surface area contributed by atoms with Crippen LogP contribution in [0.1, 0.15) is 0 Å². The Balaban J connectivity index is 2.93. The summed E-state index contributed by atoms with van der Waals surface area (Å²) in [5.74, 6) is 2.52. The molecular weight excluding hydrogens is 171 g/mol. The average molecular weight is 184 g/mol. The SMILES string of the molecule is C#CC1=CN(C)P(=O)(N(C)C)C1. The van der Waals surface area contributed by atoms with Gasteiger partial charge in [-0.3, -0.25) is 4.57 Å². The van der Waals surface area contributed by atoms with Crippen molar-refractivity contribution in [1.29, 1.82) is 0 Å². The third-order valence-corrected chi connectivity index (χ3v) is 5.13. The van der Waals surface area contributed by atoms with Crippen LogP contribution in [-0.2, 0) is 4.57 Å². The molecule has 1 atom stereocenters. The molecule has 1 rings (SSSR count). The van der Waals surface area contributed by atoms with Crippen molar-refractivity contribution in [1.82, 2.24) is 9.34 Å². The minimum Gasteiger partial charge on any atom is -0.319 e. The Morgan fingerprint density at radius 3 is 2.58 bits per heavy atom. The Hall–Kier alpha value is -0.710. The predicted molar refractivity (Wildman–Crippen MR) is 50.8 cm³/mol. The van der Waals surface area contributed by atoms with Gasteiger partial charge in [-0.25, -0.2) is 4.67 Å². The molecular formula is C8H13N2OP. The van der Waals surface area contributed by atoms with Crippen LogP contribution >= 0.6 is 7.44 Å². The summed E-state index contributed by atoms with van der Waals surface area (Å²) in [7, 11) is 3.04. The van der Waals surface area contributed by atoms with E-state index in [1.807, 2.05) is 14.1 Å². The van der Waals surface area contributed by atoms with Gasteiger partial charge in [0.25, 0.3) is 0 Å². The Morgan fingerprint density at radius 1 is 1.75 bits per heavy atom. The average Bonchev–Trinajstić information content (AvgIpc) is 2.29. The van der Waals surface area contributed by atoms with E-state index in [0.717, 1.165) is 5.57 Å². The lowest BCUT2D eigenvalue weighted by Gasteiger charge is -2.27. The molecule has 0 saturated carbocycles. The van der Waals surface area contributed by atoms with Gasteiger partial charge in [0.1, 0.15) is 0 Å². The second-order valence-corrected chi connectivity index (χ2v) is 6.12. The van der Waals surface area contributed by atoms with E-state index in [2.05, 4.69) is 5.92 Å². The van der Waals surface area contributed by atoms with E-state index in [1.54, 1.807) is 22.6 Å². The van der Waals surface area contributed by atoms with Crippen molar-refractivity contribution < 1.29 is 4.57 Å². The molecule has 4 heteroatoms. The first kappa shape index (κ1) is 9.38. The van der Waals surface area contributed by atoms with Gasteiger partial charge in [-0.15, -0.1) is 6.42 Å². The largest absolute Gasteiger partial charge is 0.319 e. The molecule has 0 aromatic rings. The molecule has 12 heavy (non-hydrogen) atoms. The van der Waals surface area contributed by atoms with Crippen molar-refractivity contribution in [3.63, 3.8) is 0 Å². The number of allylic oxidation sites excluding steroid dienone is 1. The van der Waals surface area contributed by atoms with Gasteiger partial charge in [0.15, 0.2) is 0 Å². The van der Waals surface area contributed by atoms with E-state index in [1.165, 1.54) is 0 Å². The molecule has 66 valence electrons. The summed E-state index contributed by atoms with van der Waals surface area (Å²) >= 11 is 0. The molecule has 1 unspecified atom stereocenters. The highest BCUT2D eigenvalue weighted by Gasteiger charge is 2.34. The van der Waals surface area contributed by atoms with Gasteiger partial charge >= 0.3 is 0 Å². The summed E-state index contributed by atoms with van der Waals surface area (Å²) in [5.41, 5.74) is 0.814. The zero-order valence-corrected chi connectivity index (χ0v) is 8.51. The summed E-state index contributed by atoms with van der Waals surface area (Å²) in [5, 5.41) is 0. The highest BCUT2D eigenvalue weighted by atomic mass is 31.2. The number of rotatable bonds is 1. The molecule has 0 N–H and O–H groups in total. The summed E-state index contributed by atoms with van der Waals surface area (Å²) < 4.78 is 15.6. The summed E-state index contributed by atoms with van der Waals surface area (Å²) in [6.07, 6.45) is 7.50. The van der Waals surface area contributed by atoms with Crippen LogP contribution in [0.5, 0.6) is 0 Å². The molecule has 1 heterocycles. The Bertz CT molecular complexity index is 301. The molecule has 3 nitrogen and oxygen atoms in total. The molecule has 0 amide bonds. The maximum atomic E-state index is 12.1. The standard InChI is InChI=1S/C8H13N2OP/c1-5-8-6-10(4)12(11,7-8)9(2)3/h1,6H,7H2,2-4H3. The molecule has 0 bridgehead atoms. The van der Waals surface area contributed by atoms with Crippen molar-refractivity contribution in [2.24, 2.45) is 0 Å². The lowest BCUT2D eigenvalue weighted by atomic mass is 10.3. The second-order valence-electron chi connectivity index (χ2n) is 3.04. The van der Waals surface area contributed by atoms with E-state index in [0.29, 0.717) is 6.16 Å². The molecule has 0 spiro atoms. The van der Waals surface area contributed by atoms with Crippen LogP contribution in [0.3, 0.4) is 0 Å². The normalized spacial score (nSPS) is 28.9. The fourth-order valence-corrected chi connectivity index (χ4v) is 3.20. The van der Waals surface area contributed by atoms with Crippen LogP contribution < -0.4 is 0 Å². The molecule has 0 aromatic carbocycles. The first-order chi connectivity index (χ1) is 5.50. The number of nitrogens with zero attached hydrogens (tertiary/aromatic N) is 2. The molecule has 0 radical (unpaired) electrons. The van der Waals surface area contributed by atoms with E-state index in [9.17, 15) is 4.57 Å². The zero-order valence-electron chi connectivity index (χ0n) is 7.61. The van der Waals surface area contributed by atoms with Gasteiger partial charge in [-0.05, 0) is 14.1 Å². The zero-order chi connectivity index (χ0) is 9.35. The quantitative estimate of drug-likeness (QED) is 0.452. The third-order valence-electron chi connectivity index (χ3n) is 2.02. The Morgan fingerprint density at radius 2 is 2.33 bits per heavy atom. The van der Waals surface area contributed by atoms with E-state index in [-0.39, 0.29) is 0 Å². The molecule has 0 fully saturated rings.